The second kappa shape index (κ2) is 10.8. The van der Waals surface area contributed by atoms with Crippen LogP contribution < -0.4 is 10.2 Å². The molecule has 31 heavy (non-hydrogen) atoms. The van der Waals surface area contributed by atoms with Gasteiger partial charge in [-0.15, -0.1) is 0 Å². The molecule has 0 atom stereocenters. The first-order chi connectivity index (χ1) is 14.6. The zero-order valence-electron chi connectivity index (χ0n) is 19.1. The van der Waals surface area contributed by atoms with Crippen LogP contribution in [-0.4, -0.2) is 76.5 Å². The molecule has 2 rings (SSSR count). The third-order valence-corrected chi connectivity index (χ3v) is 7.49. The van der Waals surface area contributed by atoms with Crippen LogP contribution in [0.25, 0.3) is 0 Å². The summed E-state index contributed by atoms with van der Waals surface area (Å²) in [4.78, 5) is 28.4. The largest absolute Gasteiger partial charge is 0.450 e. The third-order valence-electron chi connectivity index (χ3n) is 5.44. The average Bonchev–Trinajstić information content (AvgIpc) is 2.74. The van der Waals surface area contributed by atoms with Gasteiger partial charge in [0, 0.05) is 46.2 Å². The molecule has 10 heteroatoms. The monoisotopic (exact) mass is 454 g/mol. The molecule has 1 fully saturated rings. The molecule has 0 aliphatic carbocycles. The number of piperidine rings is 1. The normalized spacial score (nSPS) is 15.1. The molecule has 2 amide bonds. The fourth-order valence-corrected chi connectivity index (χ4v) is 5.14. The van der Waals surface area contributed by atoms with Crippen LogP contribution in [0.5, 0.6) is 0 Å². The molecule has 0 aromatic heterocycles. The summed E-state index contributed by atoms with van der Waals surface area (Å²) in [5.41, 5.74) is 1.17. The second-order valence-electron chi connectivity index (χ2n) is 7.61. The molecule has 0 spiro atoms. The number of nitrogens with zero attached hydrogens (tertiary/aromatic N) is 3. The van der Waals surface area contributed by atoms with Crippen LogP contribution in [-0.2, 0) is 19.6 Å². The molecule has 0 unspecified atom stereocenters. The van der Waals surface area contributed by atoms with Crippen LogP contribution in [0.15, 0.2) is 23.1 Å². The van der Waals surface area contributed by atoms with E-state index in [1.54, 1.807) is 37.8 Å². The lowest BCUT2D eigenvalue weighted by Gasteiger charge is -2.31. The summed E-state index contributed by atoms with van der Waals surface area (Å²) >= 11 is 0. The molecular weight excluding hydrogens is 420 g/mol. The van der Waals surface area contributed by atoms with Crippen molar-refractivity contribution in [3.63, 3.8) is 0 Å². The first-order valence-corrected chi connectivity index (χ1v) is 12.1. The van der Waals surface area contributed by atoms with Gasteiger partial charge in [0.05, 0.1) is 22.9 Å². The Morgan fingerprint density at radius 3 is 2.26 bits per heavy atom. The minimum absolute atomic E-state index is 0.147. The van der Waals surface area contributed by atoms with Crippen molar-refractivity contribution in [2.45, 2.75) is 38.5 Å². The van der Waals surface area contributed by atoms with Crippen LogP contribution >= 0.6 is 0 Å². The lowest BCUT2D eigenvalue weighted by atomic mass is 9.96. The number of ether oxygens (including phenoxy) is 1. The SMILES string of the molecule is CCOC(=O)N1CCC(C(=O)Nc2cc(S(=O)(=O)N(CC)CC)ccc2N(C)C)CC1. The summed E-state index contributed by atoms with van der Waals surface area (Å²) in [7, 11) is 0.0257. The second-order valence-corrected chi connectivity index (χ2v) is 9.55. The zero-order valence-corrected chi connectivity index (χ0v) is 19.9. The maximum absolute atomic E-state index is 12.9. The maximum Gasteiger partial charge on any atom is 0.409 e. The molecule has 0 saturated carbocycles. The van der Waals surface area contributed by atoms with Crippen molar-refractivity contribution in [3.8, 4) is 0 Å². The number of amides is 2. The topological polar surface area (TPSA) is 99.3 Å². The van der Waals surface area contributed by atoms with Crippen molar-refractivity contribution in [2.75, 3.05) is 57.1 Å². The Morgan fingerprint density at radius 2 is 1.74 bits per heavy atom. The van der Waals surface area contributed by atoms with Gasteiger partial charge in [0.2, 0.25) is 15.9 Å². The molecule has 0 radical (unpaired) electrons. The van der Waals surface area contributed by atoms with E-state index in [1.165, 1.54) is 10.4 Å². The van der Waals surface area contributed by atoms with Gasteiger partial charge < -0.3 is 19.9 Å². The number of rotatable bonds is 8. The highest BCUT2D eigenvalue weighted by Crippen LogP contribution is 2.30. The van der Waals surface area contributed by atoms with Gasteiger partial charge in [0.1, 0.15) is 0 Å². The third kappa shape index (κ3) is 5.88. The highest BCUT2D eigenvalue weighted by Gasteiger charge is 2.29. The molecule has 174 valence electrons. The molecule has 0 bridgehead atoms. The Balaban J connectivity index is 2.20. The highest BCUT2D eigenvalue weighted by atomic mass is 32.2. The number of benzene rings is 1. The number of carbonyl (C=O) groups excluding carboxylic acids is 2. The summed E-state index contributed by atoms with van der Waals surface area (Å²) in [6, 6.07) is 4.79. The number of hydrogen-bond donors (Lipinski definition) is 1. The molecule has 1 aromatic rings. The van der Waals surface area contributed by atoms with Crippen LogP contribution in [0.2, 0.25) is 0 Å². The molecule has 1 aromatic carbocycles. The summed E-state index contributed by atoms with van der Waals surface area (Å²) in [6.45, 7) is 7.31. The molecule has 1 saturated heterocycles. The molecule has 1 N–H and O–H groups in total. The lowest BCUT2D eigenvalue weighted by molar-refractivity contribution is -0.121. The predicted octanol–water partition coefficient (Wildman–Crippen LogP) is 2.59. The van der Waals surface area contributed by atoms with Gasteiger partial charge in [-0.3, -0.25) is 4.79 Å². The fraction of sp³-hybridized carbons (Fsp3) is 0.619. The number of sulfonamides is 1. The van der Waals surface area contributed by atoms with Gasteiger partial charge in [0.15, 0.2) is 0 Å². The minimum atomic E-state index is -3.64. The standard InChI is InChI=1S/C21H34N4O5S/c1-6-25(7-2)31(28,29)17-9-10-19(23(4)5)18(15-17)22-20(26)16-11-13-24(14-12-16)21(27)30-8-3/h9-10,15-16H,6-8,11-14H2,1-5H3,(H,22,26). The summed E-state index contributed by atoms with van der Waals surface area (Å²) in [5, 5.41) is 2.92. The van der Waals surface area contributed by atoms with Crippen molar-refractivity contribution < 1.29 is 22.7 Å². The van der Waals surface area contributed by atoms with E-state index < -0.39 is 10.0 Å². The molecular formula is C21H34N4O5S. The average molecular weight is 455 g/mol. The van der Waals surface area contributed by atoms with Crippen molar-refractivity contribution >= 4 is 33.4 Å². The Kier molecular flexibility index (Phi) is 8.69. The van der Waals surface area contributed by atoms with Crippen molar-refractivity contribution in [1.82, 2.24) is 9.21 Å². The summed E-state index contributed by atoms with van der Waals surface area (Å²) in [6.07, 6.45) is 0.698. The smallest absolute Gasteiger partial charge is 0.409 e. The van der Waals surface area contributed by atoms with E-state index in [0.717, 1.165) is 5.69 Å². The zero-order chi connectivity index (χ0) is 23.2. The fourth-order valence-electron chi connectivity index (χ4n) is 3.65. The van der Waals surface area contributed by atoms with Crippen molar-refractivity contribution in [3.05, 3.63) is 18.2 Å². The van der Waals surface area contributed by atoms with E-state index >= 15 is 0 Å². The first-order valence-electron chi connectivity index (χ1n) is 10.7. The van der Waals surface area contributed by atoms with E-state index in [4.69, 9.17) is 4.74 Å². The van der Waals surface area contributed by atoms with Crippen molar-refractivity contribution in [1.29, 1.82) is 0 Å². The number of nitrogens with one attached hydrogen (secondary N) is 1. The van der Waals surface area contributed by atoms with Gasteiger partial charge in [-0.2, -0.15) is 4.31 Å². The Morgan fingerprint density at radius 1 is 1.13 bits per heavy atom. The van der Waals surface area contributed by atoms with Gasteiger partial charge >= 0.3 is 6.09 Å². The molecule has 9 nitrogen and oxygen atoms in total. The first kappa shape index (κ1) is 24.9. The highest BCUT2D eigenvalue weighted by molar-refractivity contribution is 7.89. The number of likely N-dealkylation sites (tertiary alicyclic amines) is 1. The van der Waals surface area contributed by atoms with Crippen LogP contribution in [0.4, 0.5) is 16.2 Å². The van der Waals surface area contributed by atoms with E-state index in [0.29, 0.717) is 51.3 Å². The minimum Gasteiger partial charge on any atom is -0.450 e. The van der Waals surface area contributed by atoms with E-state index in [2.05, 4.69) is 5.32 Å². The lowest BCUT2D eigenvalue weighted by Crippen LogP contribution is -2.41. The Labute approximate surface area is 185 Å². The van der Waals surface area contributed by atoms with Gasteiger partial charge in [0.25, 0.3) is 0 Å². The van der Waals surface area contributed by atoms with Crippen LogP contribution in [0, 0.1) is 5.92 Å². The van der Waals surface area contributed by atoms with Gasteiger partial charge in [-0.1, -0.05) is 13.8 Å². The van der Waals surface area contributed by atoms with Crippen LogP contribution in [0.1, 0.15) is 33.6 Å². The molecule has 1 heterocycles. The van der Waals surface area contributed by atoms with Gasteiger partial charge in [-0.05, 0) is 38.0 Å². The number of hydrogen-bond acceptors (Lipinski definition) is 6. The Bertz CT molecular complexity index is 876. The maximum atomic E-state index is 12.9. The van der Waals surface area contributed by atoms with E-state index in [-0.39, 0.29) is 22.8 Å². The Hall–Kier alpha value is -2.33. The molecule has 1 aliphatic heterocycles. The van der Waals surface area contributed by atoms with Crippen LogP contribution in [0.3, 0.4) is 0 Å². The predicted molar refractivity (Wildman–Crippen MR) is 121 cm³/mol. The number of carbonyl (C=O) groups is 2. The van der Waals surface area contributed by atoms with Gasteiger partial charge in [-0.25, -0.2) is 13.2 Å². The number of anilines is 2. The molecule has 1 aliphatic rings. The van der Waals surface area contributed by atoms with Crippen molar-refractivity contribution in [2.24, 2.45) is 5.92 Å². The summed E-state index contributed by atoms with van der Waals surface area (Å²) < 4.78 is 32.2. The van der Waals surface area contributed by atoms with E-state index in [9.17, 15) is 18.0 Å². The van der Waals surface area contributed by atoms with E-state index in [1.807, 2.05) is 19.0 Å². The quantitative estimate of drug-likeness (QED) is 0.648. The summed E-state index contributed by atoms with van der Waals surface area (Å²) in [5.74, 6) is -0.437.